The van der Waals surface area contributed by atoms with Crippen molar-refractivity contribution in [3.63, 3.8) is 0 Å². The van der Waals surface area contributed by atoms with Crippen molar-refractivity contribution < 1.29 is 4.39 Å². The van der Waals surface area contributed by atoms with Crippen molar-refractivity contribution in [3.8, 4) is 6.07 Å². The summed E-state index contributed by atoms with van der Waals surface area (Å²) in [6, 6.07) is 2.14. The number of alkyl halides is 1. The predicted octanol–water partition coefficient (Wildman–Crippen LogP) is 0.944. The van der Waals surface area contributed by atoms with Crippen LogP contribution >= 0.6 is 0 Å². The molecule has 0 aliphatic carbocycles. The van der Waals surface area contributed by atoms with Crippen molar-refractivity contribution in [2.24, 2.45) is 0 Å². The van der Waals surface area contributed by atoms with E-state index >= 15 is 0 Å². The summed E-state index contributed by atoms with van der Waals surface area (Å²) in [6.07, 6.45) is 1.95. The first-order chi connectivity index (χ1) is 4.88. The van der Waals surface area contributed by atoms with Gasteiger partial charge in [-0.3, -0.25) is 4.90 Å². The molecule has 1 fully saturated rings. The molecule has 56 valence electrons. The second kappa shape index (κ2) is 3.52. The number of nitriles is 1. The molecule has 0 N–H and O–H groups in total. The van der Waals surface area contributed by atoms with Gasteiger partial charge in [0.1, 0.15) is 6.67 Å². The molecule has 0 bridgehead atoms. The number of rotatable bonds is 2. The van der Waals surface area contributed by atoms with Gasteiger partial charge < -0.3 is 0 Å². The number of hydrogen-bond acceptors (Lipinski definition) is 2. The number of hydrogen-bond donors (Lipinski definition) is 0. The minimum Gasteiger partial charge on any atom is -0.285 e. The average molecular weight is 142 g/mol. The first kappa shape index (κ1) is 7.49. The molecule has 10 heavy (non-hydrogen) atoms. The first-order valence-corrected chi connectivity index (χ1v) is 3.58. The highest BCUT2D eigenvalue weighted by Crippen LogP contribution is 2.15. The molecular weight excluding hydrogens is 131 g/mol. The van der Waals surface area contributed by atoms with Crippen LogP contribution in [0.5, 0.6) is 0 Å². The Morgan fingerprint density at radius 1 is 1.70 bits per heavy atom. The summed E-state index contributed by atoms with van der Waals surface area (Å²) in [5.41, 5.74) is 0. The quantitative estimate of drug-likeness (QED) is 0.573. The van der Waals surface area contributed by atoms with Gasteiger partial charge in [-0.2, -0.15) is 5.26 Å². The van der Waals surface area contributed by atoms with Crippen LogP contribution < -0.4 is 0 Å². The van der Waals surface area contributed by atoms with Crippen molar-refractivity contribution in [1.29, 1.82) is 5.26 Å². The zero-order valence-corrected chi connectivity index (χ0v) is 5.89. The molecule has 3 heteroatoms. The third-order valence-electron chi connectivity index (χ3n) is 1.88. The van der Waals surface area contributed by atoms with Crippen LogP contribution in [0.1, 0.15) is 12.8 Å². The Hall–Kier alpha value is -0.620. The van der Waals surface area contributed by atoms with Gasteiger partial charge in [0.2, 0.25) is 0 Å². The van der Waals surface area contributed by atoms with E-state index in [0.29, 0.717) is 6.54 Å². The van der Waals surface area contributed by atoms with Crippen molar-refractivity contribution in [2.45, 2.75) is 18.9 Å². The molecule has 0 radical (unpaired) electrons. The van der Waals surface area contributed by atoms with Gasteiger partial charge in [0, 0.05) is 6.54 Å². The molecule has 1 unspecified atom stereocenters. The summed E-state index contributed by atoms with van der Waals surface area (Å²) in [5, 5.41) is 8.55. The van der Waals surface area contributed by atoms with Crippen LogP contribution in [0.4, 0.5) is 4.39 Å². The molecule has 0 spiro atoms. The smallest absolute Gasteiger partial charge is 0.102 e. The second-order valence-electron chi connectivity index (χ2n) is 2.51. The summed E-state index contributed by atoms with van der Waals surface area (Å²) in [7, 11) is 0. The highest BCUT2D eigenvalue weighted by Gasteiger charge is 2.22. The average Bonchev–Trinajstić information content (AvgIpc) is 2.36. The Labute approximate surface area is 60.2 Å². The lowest BCUT2D eigenvalue weighted by atomic mass is 10.2. The van der Waals surface area contributed by atoms with E-state index in [4.69, 9.17) is 5.26 Å². The third-order valence-corrected chi connectivity index (χ3v) is 1.88. The molecule has 1 atom stereocenters. The summed E-state index contributed by atoms with van der Waals surface area (Å²) in [5.74, 6) is 0. The molecule has 0 aromatic carbocycles. The monoisotopic (exact) mass is 142 g/mol. The fourth-order valence-corrected chi connectivity index (χ4v) is 1.35. The van der Waals surface area contributed by atoms with E-state index in [1.54, 1.807) is 0 Å². The zero-order valence-electron chi connectivity index (χ0n) is 5.89. The van der Waals surface area contributed by atoms with Crippen molar-refractivity contribution in [3.05, 3.63) is 0 Å². The minimum absolute atomic E-state index is 0.0178. The predicted molar refractivity (Wildman–Crippen MR) is 36.2 cm³/mol. The molecule has 1 saturated heterocycles. The maximum Gasteiger partial charge on any atom is 0.102 e. The summed E-state index contributed by atoms with van der Waals surface area (Å²) >= 11 is 0. The van der Waals surface area contributed by atoms with Crippen LogP contribution in [0.25, 0.3) is 0 Å². The fourth-order valence-electron chi connectivity index (χ4n) is 1.35. The van der Waals surface area contributed by atoms with Gasteiger partial charge in [-0.25, -0.2) is 4.39 Å². The minimum atomic E-state index is -0.335. The summed E-state index contributed by atoms with van der Waals surface area (Å²) < 4.78 is 11.8. The van der Waals surface area contributed by atoms with E-state index in [1.807, 2.05) is 4.90 Å². The molecule has 1 aliphatic heterocycles. The van der Waals surface area contributed by atoms with Crippen LogP contribution in [0.2, 0.25) is 0 Å². The van der Waals surface area contributed by atoms with E-state index in [2.05, 4.69) is 6.07 Å². The third kappa shape index (κ3) is 1.45. The van der Waals surface area contributed by atoms with E-state index in [9.17, 15) is 4.39 Å². The van der Waals surface area contributed by atoms with E-state index in [0.717, 1.165) is 19.4 Å². The first-order valence-electron chi connectivity index (χ1n) is 3.58. The normalized spacial score (nSPS) is 26.6. The highest BCUT2D eigenvalue weighted by molar-refractivity contribution is 4.95. The van der Waals surface area contributed by atoms with Crippen LogP contribution in [0.3, 0.4) is 0 Å². The highest BCUT2D eigenvalue weighted by atomic mass is 19.1. The van der Waals surface area contributed by atoms with Gasteiger partial charge in [0.05, 0.1) is 12.1 Å². The van der Waals surface area contributed by atoms with Crippen LogP contribution in [0, 0.1) is 11.3 Å². The Morgan fingerprint density at radius 3 is 3.10 bits per heavy atom. The van der Waals surface area contributed by atoms with Gasteiger partial charge in [-0.1, -0.05) is 0 Å². The SMILES string of the molecule is N#CC1CCCN1CCF. The molecule has 1 heterocycles. The van der Waals surface area contributed by atoms with E-state index < -0.39 is 0 Å². The second-order valence-corrected chi connectivity index (χ2v) is 2.51. The molecule has 1 aliphatic rings. The van der Waals surface area contributed by atoms with Gasteiger partial charge in [-0.05, 0) is 19.4 Å². The topological polar surface area (TPSA) is 27.0 Å². The lowest BCUT2D eigenvalue weighted by Gasteiger charge is -2.15. The molecule has 0 saturated carbocycles. The van der Waals surface area contributed by atoms with E-state index in [1.165, 1.54) is 0 Å². The van der Waals surface area contributed by atoms with Gasteiger partial charge >= 0.3 is 0 Å². The number of nitrogens with zero attached hydrogens (tertiary/aromatic N) is 2. The fraction of sp³-hybridized carbons (Fsp3) is 0.857. The van der Waals surface area contributed by atoms with Gasteiger partial charge in [0.15, 0.2) is 0 Å². The van der Waals surface area contributed by atoms with Crippen molar-refractivity contribution >= 4 is 0 Å². The Kier molecular flexibility index (Phi) is 2.64. The lowest BCUT2D eigenvalue weighted by Crippen LogP contribution is -2.29. The molecular formula is C7H11FN2. The Balaban J connectivity index is 2.36. The van der Waals surface area contributed by atoms with Crippen LogP contribution in [0.15, 0.2) is 0 Å². The van der Waals surface area contributed by atoms with Crippen molar-refractivity contribution in [2.75, 3.05) is 19.8 Å². The van der Waals surface area contributed by atoms with Crippen LogP contribution in [-0.2, 0) is 0 Å². The molecule has 0 amide bonds. The molecule has 1 rings (SSSR count). The largest absolute Gasteiger partial charge is 0.285 e. The maximum atomic E-state index is 11.8. The molecule has 0 aromatic rings. The summed E-state index contributed by atoms with van der Waals surface area (Å²) in [6.45, 7) is 0.985. The van der Waals surface area contributed by atoms with Gasteiger partial charge in [-0.15, -0.1) is 0 Å². The summed E-state index contributed by atoms with van der Waals surface area (Å²) in [4.78, 5) is 1.90. The zero-order chi connectivity index (χ0) is 7.40. The molecule has 2 nitrogen and oxygen atoms in total. The lowest BCUT2D eigenvalue weighted by molar-refractivity contribution is 0.264. The number of halogens is 1. The van der Waals surface area contributed by atoms with Gasteiger partial charge in [0.25, 0.3) is 0 Å². The number of likely N-dealkylation sites (tertiary alicyclic amines) is 1. The maximum absolute atomic E-state index is 11.8. The standard InChI is InChI=1S/C7H11FN2/c8-3-5-10-4-1-2-7(10)6-9/h7H,1-5H2. The van der Waals surface area contributed by atoms with E-state index in [-0.39, 0.29) is 12.7 Å². The van der Waals surface area contributed by atoms with Crippen LogP contribution in [-0.4, -0.2) is 30.7 Å². The Bertz CT molecular complexity index is 141. The Morgan fingerprint density at radius 2 is 2.50 bits per heavy atom. The molecule has 0 aromatic heterocycles. The van der Waals surface area contributed by atoms with Crippen molar-refractivity contribution in [1.82, 2.24) is 4.90 Å².